The third-order valence-corrected chi connectivity index (χ3v) is 8.29. The molecule has 8 heteroatoms. The van der Waals surface area contributed by atoms with Crippen molar-refractivity contribution < 1.29 is 22.4 Å². The Morgan fingerprint density at radius 1 is 1.03 bits per heavy atom. The largest absolute Gasteiger partial charge is 0.464 e. The monoisotopic (exact) mass is 507 g/mol. The standard InChI is InChI=1S/C27H25NO5S2/c1-3-32-27(29)26(34-22-9-5-4-6-10-22)28(35(30,31)23-15-13-20(2)14-16-23)18-17-21-19-33-25-12-8-7-11-24(21)25/h4-19,26H,3H2,1-2H3. The number of fused-ring (bicyclic) bond motifs is 1. The fourth-order valence-electron chi connectivity index (χ4n) is 3.44. The van der Waals surface area contributed by atoms with Crippen molar-refractivity contribution in [1.82, 2.24) is 4.31 Å². The fraction of sp³-hybridized carbons (Fsp3) is 0.148. The quantitative estimate of drug-likeness (QED) is 0.155. The molecule has 180 valence electrons. The highest BCUT2D eigenvalue weighted by molar-refractivity contribution is 8.01. The third-order valence-electron chi connectivity index (χ3n) is 5.22. The van der Waals surface area contributed by atoms with E-state index in [4.69, 9.17) is 9.15 Å². The topological polar surface area (TPSA) is 76.8 Å². The van der Waals surface area contributed by atoms with Crippen molar-refractivity contribution in [2.75, 3.05) is 6.61 Å². The number of nitrogens with zero attached hydrogens (tertiary/aromatic N) is 1. The van der Waals surface area contributed by atoms with Gasteiger partial charge in [0, 0.05) is 22.0 Å². The highest BCUT2D eigenvalue weighted by atomic mass is 32.2. The summed E-state index contributed by atoms with van der Waals surface area (Å²) >= 11 is 1.11. The van der Waals surface area contributed by atoms with Gasteiger partial charge in [-0.25, -0.2) is 17.5 Å². The first-order valence-electron chi connectivity index (χ1n) is 11.0. The fourth-order valence-corrected chi connectivity index (χ4v) is 6.11. The number of para-hydroxylation sites is 1. The first-order valence-corrected chi connectivity index (χ1v) is 13.3. The van der Waals surface area contributed by atoms with Gasteiger partial charge in [0.1, 0.15) is 5.58 Å². The molecule has 1 unspecified atom stereocenters. The summed E-state index contributed by atoms with van der Waals surface area (Å²) < 4.78 is 39.6. The number of sulfonamides is 1. The minimum absolute atomic E-state index is 0.0766. The minimum Gasteiger partial charge on any atom is -0.464 e. The smallest absolute Gasteiger partial charge is 0.340 e. The molecule has 1 atom stereocenters. The van der Waals surface area contributed by atoms with Gasteiger partial charge in [0.15, 0.2) is 5.37 Å². The summed E-state index contributed by atoms with van der Waals surface area (Å²) in [5, 5.41) is -0.349. The van der Waals surface area contributed by atoms with Crippen molar-refractivity contribution in [2.45, 2.75) is 29.0 Å². The zero-order valence-corrected chi connectivity index (χ0v) is 21.0. The van der Waals surface area contributed by atoms with Crippen LogP contribution in [0.1, 0.15) is 18.1 Å². The van der Waals surface area contributed by atoms with Crippen LogP contribution in [0.3, 0.4) is 0 Å². The molecule has 6 nitrogen and oxygen atoms in total. The molecule has 0 fully saturated rings. The average molecular weight is 508 g/mol. The molecule has 3 aromatic carbocycles. The predicted octanol–water partition coefficient (Wildman–Crippen LogP) is 6.08. The third kappa shape index (κ3) is 5.61. The number of aryl methyl sites for hydroxylation is 1. The summed E-state index contributed by atoms with van der Waals surface area (Å²) in [6.07, 6.45) is 4.60. The van der Waals surface area contributed by atoms with Crippen LogP contribution in [0.15, 0.2) is 106 Å². The lowest BCUT2D eigenvalue weighted by atomic mass is 10.2. The molecule has 0 bridgehead atoms. The Bertz CT molecular complexity index is 1430. The van der Waals surface area contributed by atoms with Gasteiger partial charge in [0.2, 0.25) is 0 Å². The number of carbonyl (C=O) groups is 1. The zero-order chi connectivity index (χ0) is 24.8. The van der Waals surface area contributed by atoms with E-state index in [9.17, 15) is 13.2 Å². The maximum absolute atomic E-state index is 13.8. The van der Waals surface area contributed by atoms with Gasteiger partial charge in [-0.1, -0.05) is 65.9 Å². The molecule has 0 amide bonds. The molecular weight excluding hydrogens is 482 g/mol. The molecule has 0 aliphatic rings. The molecule has 1 heterocycles. The van der Waals surface area contributed by atoms with Crippen LogP contribution in [0, 0.1) is 6.92 Å². The van der Waals surface area contributed by atoms with E-state index in [2.05, 4.69) is 0 Å². The Morgan fingerprint density at radius 2 is 1.71 bits per heavy atom. The van der Waals surface area contributed by atoms with Gasteiger partial charge in [0.05, 0.1) is 17.8 Å². The van der Waals surface area contributed by atoms with E-state index in [1.807, 2.05) is 61.5 Å². The van der Waals surface area contributed by atoms with E-state index in [0.717, 1.165) is 31.9 Å². The first-order chi connectivity index (χ1) is 16.9. The Hall–Kier alpha value is -3.49. The van der Waals surface area contributed by atoms with Gasteiger partial charge in [0.25, 0.3) is 10.0 Å². The molecule has 0 N–H and O–H groups in total. The molecule has 0 aliphatic carbocycles. The second kappa shape index (κ2) is 10.8. The normalized spacial score (nSPS) is 12.6. The average Bonchev–Trinajstić information content (AvgIpc) is 3.27. The van der Waals surface area contributed by atoms with Crippen LogP contribution in [0.2, 0.25) is 0 Å². The van der Waals surface area contributed by atoms with Crippen LogP contribution in [-0.2, 0) is 19.6 Å². The SMILES string of the molecule is CCOC(=O)C(Sc1ccccc1)N(C=Cc1coc2ccccc12)S(=O)(=O)c1ccc(C)cc1. The summed E-state index contributed by atoms with van der Waals surface area (Å²) in [4.78, 5) is 13.9. The van der Waals surface area contributed by atoms with E-state index in [-0.39, 0.29) is 11.5 Å². The van der Waals surface area contributed by atoms with Crippen molar-refractivity contribution in [3.8, 4) is 0 Å². The molecule has 0 aliphatic heterocycles. The zero-order valence-electron chi connectivity index (χ0n) is 19.3. The van der Waals surface area contributed by atoms with Gasteiger partial charge >= 0.3 is 5.97 Å². The number of hydrogen-bond acceptors (Lipinski definition) is 6. The highest BCUT2D eigenvalue weighted by Gasteiger charge is 2.35. The molecular formula is C27H25NO5S2. The van der Waals surface area contributed by atoms with Gasteiger partial charge < -0.3 is 9.15 Å². The van der Waals surface area contributed by atoms with Gasteiger partial charge in [-0.3, -0.25) is 0 Å². The molecule has 1 aromatic heterocycles. The Balaban J connectivity index is 1.82. The summed E-state index contributed by atoms with van der Waals surface area (Å²) in [6, 6.07) is 23.1. The number of thioether (sulfide) groups is 1. The van der Waals surface area contributed by atoms with Crippen molar-refractivity contribution in [3.63, 3.8) is 0 Å². The molecule has 4 aromatic rings. The summed E-state index contributed by atoms with van der Waals surface area (Å²) in [5.41, 5.74) is 2.30. The summed E-state index contributed by atoms with van der Waals surface area (Å²) in [5.74, 6) is -0.654. The van der Waals surface area contributed by atoms with Crippen LogP contribution in [0.4, 0.5) is 0 Å². The predicted molar refractivity (Wildman–Crippen MR) is 138 cm³/mol. The lowest BCUT2D eigenvalue weighted by Gasteiger charge is -2.28. The van der Waals surface area contributed by atoms with E-state index >= 15 is 0 Å². The lowest BCUT2D eigenvalue weighted by Crippen LogP contribution is -2.40. The number of benzene rings is 3. The minimum atomic E-state index is -4.11. The van der Waals surface area contributed by atoms with Crippen LogP contribution in [0.5, 0.6) is 0 Å². The maximum atomic E-state index is 13.8. The van der Waals surface area contributed by atoms with Crippen molar-refractivity contribution in [1.29, 1.82) is 0 Å². The van der Waals surface area contributed by atoms with E-state index in [1.165, 1.54) is 18.3 Å². The first kappa shape index (κ1) is 24.6. The summed E-state index contributed by atoms with van der Waals surface area (Å²) in [6.45, 7) is 3.69. The molecule has 35 heavy (non-hydrogen) atoms. The van der Waals surface area contributed by atoms with Gasteiger partial charge in [-0.2, -0.15) is 0 Å². The number of esters is 1. The summed E-state index contributed by atoms with van der Waals surface area (Å²) in [7, 11) is -4.11. The van der Waals surface area contributed by atoms with Gasteiger partial charge in [-0.05, 0) is 50.3 Å². The Morgan fingerprint density at radius 3 is 2.43 bits per heavy atom. The lowest BCUT2D eigenvalue weighted by molar-refractivity contribution is -0.144. The molecule has 0 saturated carbocycles. The van der Waals surface area contributed by atoms with E-state index in [1.54, 1.807) is 31.4 Å². The van der Waals surface area contributed by atoms with Crippen LogP contribution >= 0.6 is 11.8 Å². The number of ether oxygens (including phenoxy) is 1. The Labute approximate surface area is 209 Å². The van der Waals surface area contributed by atoms with Crippen LogP contribution < -0.4 is 0 Å². The molecule has 0 radical (unpaired) electrons. The maximum Gasteiger partial charge on any atom is 0.340 e. The van der Waals surface area contributed by atoms with Crippen molar-refractivity contribution in [3.05, 3.63) is 102 Å². The molecule has 0 spiro atoms. The number of furan rings is 1. The highest BCUT2D eigenvalue weighted by Crippen LogP contribution is 2.32. The van der Waals surface area contributed by atoms with E-state index in [0.29, 0.717) is 11.1 Å². The van der Waals surface area contributed by atoms with Gasteiger partial charge in [-0.15, -0.1) is 0 Å². The molecule has 0 saturated heterocycles. The van der Waals surface area contributed by atoms with Crippen molar-refractivity contribution >= 4 is 44.8 Å². The molecule has 4 rings (SSSR count). The van der Waals surface area contributed by atoms with Crippen LogP contribution in [-0.4, -0.2) is 30.7 Å². The second-order valence-electron chi connectivity index (χ2n) is 7.69. The Kier molecular flexibility index (Phi) is 7.63. The number of hydrogen-bond donors (Lipinski definition) is 0. The van der Waals surface area contributed by atoms with E-state index < -0.39 is 21.4 Å². The number of rotatable bonds is 9. The number of carbonyl (C=O) groups excluding carboxylic acids is 1. The van der Waals surface area contributed by atoms with Crippen LogP contribution in [0.25, 0.3) is 17.0 Å². The second-order valence-corrected chi connectivity index (χ2v) is 10.7. The van der Waals surface area contributed by atoms with Crippen molar-refractivity contribution in [2.24, 2.45) is 0 Å².